The number of pyridine rings is 1. The molecule has 3 heterocycles. The van der Waals surface area contributed by atoms with Crippen LogP contribution in [0.3, 0.4) is 0 Å². The molecule has 0 aliphatic carbocycles. The van der Waals surface area contributed by atoms with Gasteiger partial charge in [-0.25, -0.2) is 12.8 Å². The molecule has 2 atom stereocenters. The number of rotatable bonds is 6. The average molecular weight is 550 g/mol. The minimum Gasteiger partial charge on any atom is -0.351 e. The molecular formula is C28H28FN5O2S2. The maximum Gasteiger partial charge on any atom is 0.229 e. The summed E-state index contributed by atoms with van der Waals surface area (Å²) < 4.78 is 42.3. The number of benzene rings is 2. The lowest BCUT2D eigenvalue weighted by Gasteiger charge is -2.29. The minimum absolute atomic E-state index is 0.251. The first-order valence-electron chi connectivity index (χ1n) is 12.1. The van der Waals surface area contributed by atoms with Crippen molar-refractivity contribution in [3.63, 3.8) is 0 Å². The standard InChI is InChI=1S/C28H28FN5O2S2/c1-17-14-22(11-12-24(17)32-38(4,35)36)34-27(26(31-28(34)37)25-10-5-6-13-30-25)23-15-18(2)33(19(23)3)21-9-7-8-20(29)16-21/h5-16,26-27,32H,1-4H3,(H,31,37)/t26-,27+/m0/s1. The Morgan fingerprint density at radius 2 is 1.79 bits per heavy atom. The highest BCUT2D eigenvalue weighted by atomic mass is 32.2. The monoisotopic (exact) mass is 549 g/mol. The van der Waals surface area contributed by atoms with Gasteiger partial charge in [-0.05, 0) is 98.7 Å². The number of hydrogen-bond acceptors (Lipinski definition) is 4. The summed E-state index contributed by atoms with van der Waals surface area (Å²) in [6.07, 6.45) is 2.88. The van der Waals surface area contributed by atoms with Crippen molar-refractivity contribution < 1.29 is 12.8 Å². The van der Waals surface area contributed by atoms with E-state index in [2.05, 4.69) is 21.1 Å². The van der Waals surface area contributed by atoms with Crippen LogP contribution < -0.4 is 14.9 Å². The molecule has 0 bridgehead atoms. The van der Waals surface area contributed by atoms with Crippen LogP contribution in [0.5, 0.6) is 0 Å². The average Bonchev–Trinajstić information content (AvgIpc) is 3.35. The van der Waals surface area contributed by atoms with E-state index >= 15 is 0 Å². The Labute approximate surface area is 227 Å². The Balaban J connectivity index is 1.65. The van der Waals surface area contributed by atoms with Crippen LogP contribution in [-0.2, 0) is 10.0 Å². The highest BCUT2D eigenvalue weighted by Gasteiger charge is 2.42. The van der Waals surface area contributed by atoms with E-state index in [1.807, 2.05) is 66.6 Å². The Bertz CT molecular complexity index is 1640. The normalized spacial score (nSPS) is 17.5. The van der Waals surface area contributed by atoms with Crippen LogP contribution in [0.4, 0.5) is 15.8 Å². The first-order chi connectivity index (χ1) is 18.0. The molecule has 38 heavy (non-hydrogen) atoms. The maximum absolute atomic E-state index is 14.1. The predicted molar refractivity (Wildman–Crippen MR) is 153 cm³/mol. The molecule has 1 aliphatic heterocycles. The molecule has 0 radical (unpaired) electrons. The number of nitrogens with one attached hydrogen (secondary N) is 2. The first-order valence-corrected chi connectivity index (χ1v) is 14.4. The molecule has 5 rings (SSSR count). The number of sulfonamides is 1. The van der Waals surface area contributed by atoms with Gasteiger partial charge in [0, 0.05) is 29.0 Å². The van der Waals surface area contributed by atoms with Gasteiger partial charge in [0.25, 0.3) is 0 Å². The number of nitrogens with zero attached hydrogens (tertiary/aromatic N) is 3. The first kappa shape index (κ1) is 25.9. The second-order valence-electron chi connectivity index (χ2n) is 9.51. The summed E-state index contributed by atoms with van der Waals surface area (Å²) in [5, 5.41) is 3.99. The van der Waals surface area contributed by atoms with E-state index in [0.717, 1.165) is 45.8 Å². The number of thiocarbonyl (C=S) groups is 1. The summed E-state index contributed by atoms with van der Waals surface area (Å²) in [6.45, 7) is 5.87. The molecule has 7 nitrogen and oxygen atoms in total. The van der Waals surface area contributed by atoms with Gasteiger partial charge in [0.2, 0.25) is 10.0 Å². The van der Waals surface area contributed by atoms with E-state index in [9.17, 15) is 12.8 Å². The minimum atomic E-state index is -3.42. The highest BCUT2D eigenvalue weighted by molar-refractivity contribution is 7.92. The molecule has 0 amide bonds. The van der Waals surface area contributed by atoms with E-state index in [0.29, 0.717) is 10.8 Å². The van der Waals surface area contributed by atoms with Gasteiger partial charge in [-0.1, -0.05) is 12.1 Å². The summed E-state index contributed by atoms with van der Waals surface area (Å²) in [5.74, 6) is -0.300. The number of aromatic nitrogens is 2. The predicted octanol–water partition coefficient (Wildman–Crippen LogP) is 5.49. The van der Waals surface area contributed by atoms with Gasteiger partial charge in [0.05, 0.1) is 29.7 Å². The van der Waals surface area contributed by atoms with Crippen molar-refractivity contribution in [3.8, 4) is 5.69 Å². The summed E-state index contributed by atoms with van der Waals surface area (Å²) in [6, 6.07) is 19.4. The van der Waals surface area contributed by atoms with Gasteiger partial charge in [0.1, 0.15) is 5.82 Å². The molecule has 1 saturated heterocycles. The summed E-state index contributed by atoms with van der Waals surface area (Å²) in [5.41, 5.74) is 6.62. The van der Waals surface area contributed by atoms with Gasteiger partial charge >= 0.3 is 0 Å². The van der Waals surface area contributed by atoms with Gasteiger partial charge in [0.15, 0.2) is 5.11 Å². The van der Waals surface area contributed by atoms with Crippen molar-refractivity contribution in [2.45, 2.75) is 32.9 Å². The van der Waals surface area contributed by atoms with Crippen LogP contribution in [0.1, 0.15) is 40.3 Å². The number of hydrogen-bond donors (Lipinski definition) is 2. The summed E-state index contributed by atoms with van der Waals surface area (Å²) >= 11 is 5.85. The molecule has 4 aromatic rings. The number of aryl methyl sites for hydroxylation is 2. The molecule has 0 spiro atoms. The van der Waals surface area contributed by atoms with Gasteiger partial charge in [-0.3, -0.25) is 9.71 Å². The fraction of sp³-hybridized carbons (Fsp3) is 0.214. The second-order valence-corrected chi connectivity index (χ2v) is 11.6. The third-order valence-electron chi connectivity index (χ3n) is 6.74. The Morgan fingerprint density at radius 3 is 2.45 bits per heavy atom. The zero-order valence-corrected chi connectivity index (χ0v) is 23.1. The van der Waals surface area contributed by atoms with Crippen LogP contribution in [0, 0.1) is 26.6 Å². The zero-order chi connectivity index (χ0) is 27.2. The molecule has 2 aromatic carbocycles. The van der Waals surface area contributed by atoms with Crippen molar-refractivity contribution in [1.82, 2.24) is 14.9 Å². The van der Waals surface area contributed by atoms with Crippen LogP contribution in [-0.4, -0.2) is 29.3 Å². The van der Waals surface area contributed by atoms with E-state index in [1.54, 1.807) is 18.3 Å². The molecule has 2 N–H and O–H groups in total. The van der Waals surface area contributed by atoms with Crippen LogP contribution in [0.25, 0.3) is 5.69 Å². The summed E-state index contributed by atoms with van der Waals surface area (Å²) in [7, 11) is -3.42. The van der Waals surface area contributed by atoms with Gasteiger partial charge in [-0.2, -0.15) is 0 Å². The molecule has 10 heteroatoms. The van der Waals surface area contributed by atoms with E-state index in [-0.39, 0.29) is 17.9 Å². The fourth-order valence-corrected chi connectivity index (χ4v) is 6.13. The van der Waals surface area contributed by atoms with Crippen molar-refractivity contribution in [2.75, 3.05) is 15.9 Å². The molecule has 0 saturated carbocycles. The molecule has 1 fully saturated rings. The van der Waals surface area contributed by atoms with Crippen LogP contribution >= 0.6 is 12.2 Å². The maximum atomic E-state index is 14.1. The SMILES string of the molecule is Cc1cc(N2C(=S)N[C@@H](c3ccccn3)[C@H]2c2cc(C)n(-c3cccc(F)c3)c2C)ccc1NS(C)(=O)=O. The third kappa shape index (κ3) is 4.89. The van der Waals surface area contributed by atoms with Crippen molar-refractivity contribution >= 4 is 38.7 Å². The molecule has 1 aliphatic rings. The van der Waals surface area contributed by atoms with Crippen LogP contribution in [0.2, 0.25) is 0 Å². The van der Waals surface area contributed by atoms with E-state index < -0.39 is 10.0 Å². The Hall–Kier alpha value is -3.76. The van der Waals surface area contributed by atoms with Crippen molar-refractivity contribution in [3.05, 3.63) is 107 Å². The largest absolute Gasteiger partial charge is 0.351 e. The van der Waals surface area contributed by atoms with Crippen molar-refractivity contribution in [1.29, 1.82) is 0 Å². The Kier molecular flexibility index (Phi) is 6.70. The van der Waals surface area contributed by atoms with Crippen molar-refractivity contribution in [2.24, 2.45) is 0 Å². The highest BCUT2D eigenvalue weighted by Crippen LogP contribution is 2.44. The quantitative estimate of drug-likeness (QED) is 0.310. The summed E-state index contributed by atoms with van der Waals surface area (Å²) in [4.78, 5) is 6.66. The Morgan fingerprint density at radius 1 is 1.00 bits per heavy atom. The number of halogens is 1. The molecule has 196 valence electrons. The smallest absolute Gasteiger partial charge is 0.229 e. The lowest BCUT2D eigenvalue weighted by atomic mass is 9.96. The van der Waals surface area contributed by atoms with E-state index in [1.165, 1.54) is 12.1 Å². The molecule has 0 unspecified atom stereocenters. The number of anilines is 2. The van der Waals surface area contributed by atoms with Crippen LogP contribution in [0.15, 0.2) is 72.9 Å². The van der Waals surface area contributed by atoms with Gasteiger partial charge in [-0.15, -0.1) is 0 Å². The third-order valence-corrected chi connectivity index (χ3v) is 7.64. The molecule has 2 aromatic heterocycles. The zero-order valence-electron chi connectivity index (χ0n) is 21.4. The van der Waals surface area contributed by atoms with Gasteiger partial charge < -0.3 is 14.8 Å². The second kappa shape index (κ2) is 9.85. The van der Waals surface area contributed by atoms with E-state index in [4.69, 9.17) is 12.2 Å². The molecular weight excluding hydrogens is 521 g/mol. The lowest BCUT2D eigenvalue weighted by Crippen LogP contribution is -2.29. The topological polar surface area (TPSA) is 79.3 Å². The lowest BCUT2D eigenvalue weighted by molar-refractivity contribution is 0.565. The fourth-order valence-electron chi connectivity index (χ4n) is 5.16.